The number of rotatable bonds is 4. The van der Waals surface area contributed by atoms with Crippen LogP contribution in [0.1, 0.15) is 0 Å². The third-order valence-corrected chi connectivity index (χ3v) is 3.10. The second-order valence-electron chi connectivity index (χ2n) is 3.46. The normalized spacial score (nSPS) is 10.4. The third kappa shape index (κ3) is 3.83. The van der Waals surface area contributed by atoms with E-state index in [2.05, 4.69) is 20.5 Å². The van der Waals surface area contributed by atoms with Crippen molar-refractivity contribution in [3.63, 3.8) is 0 Å². The predicted molar refractivity (Wildman–Crippen MR) is 71.6 cm³/mol. The largest absolute Gasteiger partial charge is 0.368 e. The number of hydrogen-bond donors (Lipinski definition) is 3. The molecule has 1 aromatic carbocycles. The Morgan fingerprint density at radius 1 is 1.58 bits per heavy atom. The summed E-state index contributed by atoms with van der Waals surface area (Å²) in [6.45, 7) is 0. The second-order valence-corrected chi connectivity index (χ2v) is 4.84. The first-order valence-corrected chi connectivity index (χ1v) is 6.46. The maximum absolute atomic E-state index is 13.4. The van der Waals surface area contributed by atoms with Crippen molar-refractivity contribution in [1.29, 1.82) is 0 Å². The SMILES string of the molecule is Nc1nc(SCC(=O)Nc2ccc(Cl)cc2F)n[nH]1. The second kappa shape index (κ2) is 5.89. The lowest BCUT2D eigenvalue weighted by atomic mass is 10.3. The summed E-state index contributed by atoms with van der Waals surface area (Å²) in [4.78, 5) is 15.4. The molecule has 0 saturated carbocycles. The Kier molecular flexibility index (Phi) is 4.23. The maximum Gasteiger partial charge on any atom is 0.234 e. The summed E-state index contributed by atoms with van der Waals surface area (Å²) in [5.41, 5.74) is 5.41. The molecule has 0 aliphatic heterocycles. The van der Waals surface area contributed by atoms with Crippen molar-refractivity contribution in [2.45, 2.75) is 5.16 Å². The molecule has 1 heterocycles. The molecule has 4 N–H and O–H groups in total. The van der Waals surface area contributed by atoms with Crippen molar-refractivity contribution in [2.75, 3.05) is 16.8 Å². The number of carbonyl (C=O) groups excluding carboxylic acids is 1. The molecule has 0 spiro atoms. The van der Waals surface area contributed by atoms with Gasteiger partial charge in [-0.1, -0.05) is 23.4 Å². The Bertz CT molecular complexity index is 605. The Morgan fingerprint density at radius 2 is 2.37 bits per heavy atom. The smallest absolute Gasteiger partial charge is 0.234 e. The van der Waals surface area contributed by atoms with E-state index in [0.717, 1.165) is 17.8 Å². The van der Waals surface area contributed by atoms with Gasteiger partial charge in [-0.2, -0.15) is 4.98 Å². The van der Waals surface area contributed by atoms with E-state index in [9.17, 15) is 9.18 Å². The molecule has 0 aliphatic rings. The number of nitrogens with one attached hydrogen (secondary N) is 2. The fourth-order valence-corrected chi connectivity index (χ4v) is 1.99. The van der Waals surface area contributed by atoms with Crippen LogP contribution in [0.15, 0.2) is 23.4 Å². The monoisotopic (exact) mass is 301 g/mol. The van der Waals surface area contributed by atoms with Crippen LogP contribution < -0.4 is 11.1 Å². The molecular formula is C10H9ClFN5OS. The van der Waals surface area contributed by atoms with E-state index < -0.39 is 5.82 Å². The Labute approximate surface area is 116 Å². The first-order valence-electron chi connectivity index (χ1n) is 5.10. The van der Waals surface area contributed by atoms with Crippen molar-refractivity contribution in [3.05, 3.63) is 29.0 Å². The van der Waals surface area contributed by atoms with Crippen LogP contribution in [0.25, 0.3) is 0 Å². The zero-order valence-corrected chi connectivity index (χ0v) is 11.1. The number of aromatic nitrogens is 3. The standard InChI is InChI=1S/C10H9ClFN5OS/c11-5-1-2-7(6(12)3-5)14-8(18)4-19-10-15-9(13)16-17-10/h1-3H,4H2,(H,14,18)(H3,13,15,16,17). The first-order chi connectivity index (χ1) is 9.04. The minimum absolute atomic E-state index is 0.0410. The molecule has 1 amide bonds. The van der Waals surface area contributed by atoms with Crippen molar-refractivity contribution >= 4 is 40.9 Å². The summed E-state index contributed by atoms with van der Waals surface area (Å²) >= 11 is 6.69. The van der Waals surface area contributed by atoms with E-state index in [1.54, 1.807) is 0 Å². The van der Waals surface area contributed by atoms with Crippen LogP contribution in [-0.4, -0.2) is 26.8 Å². The number of H-pyrrole nitrogens is 1. The zero-order valence-electron chi connectivity index (χ0n) is 9.48. The van der Waals surface area contributed by atoms with E-state index in [4.69, 9.17) is 17.3 Å². The zero-order chi connectivity index (χ0) is 13.8. The number of thioether (sulfide) groups is 1. The first kappa shape index (κ1) is 13.6. The highest BCUT2D eigenvalue weighted by Crippen LogP contribution is 2.19. The van der Waals surface area contributed by atoms with Crippen LogP contribution >= 0.6 is 23.4 Å². The van der Waals surface area contributed by atoms with Crippen LogP contribution in [0, 0.1) is 5.82 Å². The van der Waals surface area contributed by atoms with Crippen molar-refractivity contribution in [2.24, 2.45) is 0 Å². The Morgan fingerprint density at radius 3 is 3.00 bits per heavy atom. The molecule has 0 fully saturated rings. The molecule has 100 valence electrons. The maximum atomic E-state index is 13.4. The molecule has 0 unspecified atom stereocenters. The van der Waals surface area contributed by atoms with Gasteiger partial charge in [-0.3, -0.25) is 4.79 Å². The summed E-state index contributed by atoms with van der Waals surface area (Å²) in [5.74, 6) is -0.756. The van der Waals surface area contributed by atoms with Gasteiger partial charge in [0.05, 0.1) is 11.4 Å². The van der Waals surface area contributed by atoms with Crippen molar-refractivity contribution in [1.82, 2.24) is 15.2 Å². The Hall–Kier alpha value is -1.80. The quantitative estimate of drug-likeness (QED) is 0.750. The molecular weight excluding hydrogens is 293 g/mol. The van der Waals surface area contributed by atoms with Gasteiger partial charge >= 0.3 is 0 Å². The van der Waals surface area contributed by atoms with Crippen molar-refractivity contribution in [3.8, 4) is 0 Å². The number of amides is 1. The van der Waals surface area contributed by atoms with Crippen LogP contribution in [0.2, 0.25) is 5.02 Å². The van der Waals surface area contributed by atoms with Gasteiger partial charge in [-0.15, -0.1) is 5.10 Å². The molecule has 19 heavy (non-hydrogen) atoms. The van der Waals surface area contributed by atoms with E-state index in [1.807, 2.05) is 0 Å². The van der Waals surface area contributed by atoms with Crippen molar-refractivity contribution < 1.29 is 9.18 Å². The summed E-state index contributed by atoms with van der Waals surface area (Å²) in [6.07, 6.45) is 0. The molecule has 0 aliphatic carbocycles. The number of nitrogen functional groups attached to an aromatic ring is 1. The fourth-order valence-electron chi connectivity index (χ4n) is 1.23. The van der Waals surface area contributed by atoms with E-state index in [0.29, 0.717) is 5.16 Å². The number of anilines is 2. The molecule has 0 atom stereocenters. The summed E-state index contributed by atoms with van der Waals surface area (Å²) in [6, 6.07) is 4.01. The molecule has 0 saturated heterocycles. The van der Waals surface area contributed by atoms with E-state index in [-0.39, 0.29) is 28.3 Å². The number of nitrogens with two attached hydrogens (primary N) is 1. The lowest BCUT2D eigenvalue weighted by Gasteiger charge is -2.05. The van der Waals surface area contributed by atoms with Gasteiger partial charge in [-0.25, -0.2) is 9.49 Å². The highest BCUT2D eigenvalue weighted by Gasteiger charge is 2.09. The van der Waals surface area contributed by atoms with Gasteiger partial charge in [0.2, 0.25) is 17.0 Å². The number of nitrogens with zero attached hydrogens (tertiary/aromatic N) is 2. The predicted octanol–water partition coefficient (Wildman–Crippen LogP) is 1.91. The molecule has 0 bridgehead atoms. The molecule has 2 rings (SSSR count). The molecule has 2 aromatic rings. The summed E-state index contributed by atoms with van der Waals surface area (Å²) in [7, 11) is 0. The van der Waals surface area contributed by atoms with Crippen LogP contribution in [0.4, 0.5) is 16.0 Å². The topological polar surface area (TPSA) is 96.7 Å². The number of aromatic amines is 1. The third-order valence-electron chi connectivity index (χ3n) is 2.02. The summed E-state index contributed by atoms with van der Waals surface area (Å²) < 4.78 is 13.4. The number of halogens is 2. The lowest BCUT2D eigenvalue weighted by molar-refractivity contribution is -0.113. The van der Waals surface area contributed by atoms with Gasteiger partial charge in [0.25, 0.3) is 0 Å². The number of benzene rings is 1. The van der Waals surface area contributed by atoms with Gasteiger partial charge in [0.15, 0.2) is 0 Å². The summed E-state index contributed by atoms with van der Waals surface area (Å²) in [5, 5.41) is 9.24. The van der Waals surface area contributed by atoms with Crippen LogP contribution in [0.3, 0.4) is 0 Å². The number of hydrogen-bond acceptors (Lipinski definition) is 5. The van der Waals surface area contributed by atoms with E-state index >= 15 is 0 Å². The van der Waals surface area contributed by atoms with E-state index in [1.165, 1.54) is 12.1 Å². The van der Waals surface area contributed by atoms with Gasteiger partial charge < -0.3 is 11.1 Å². The average molecular weight is 302 g/mol. The average Bonchev–Trinajstić information content (AvgIpc) is 2.76. The van der Waals surface area contributed by atoms with Gasteiger partial charge in [0, 0.05) is 5.02 Å². The highest BCUT2D eigenvalue weighted by atomic mass is 35.5. The number of carbonyl (C=O) groups is 1. The minimum atomic E-state index is -0.590. The fraction of sp³-hybridized carbons (Fsp3) is 0.100. The Balaban J connectivity index is 1.90. The van der Waals surface area contributed by atoms with Crippen LogP contribution in [-0.2, 0) is 4.79 Å². The highest BCUT2D eigenvalue weighted by molar-refractivity contribution is 7.99. The van der Waals surface area contributed by atoms with Gasteiger partial charge in [0.1, 0.15) is 5.82 Å². The molecule has 1 aromatic heterocycles. The molecule has 0 radical (unpaired) electrons. The molecule has 6 nitrogen and oxygen atoms in total. The molecule has 9 heteroatoms. The van der Waals surface area contributed by atoms with Gasteiger partial charge in [-0.05, 0) is 18.2 Å². The lowest BCUT2D eigenvalue weighted by Crippen LogP contribution is -2.15. The minimum Gasteiger partial charge on any atom is -0.368 e. The van der Waals surface area contributed by atoms with Crippen LogP contribution in [0.5, 0.6) is 0 Å².